The number of nitrogens with zero attached hydrogens (tertiary/aromatic N) is 1. The summed E-state index contributed by atoms with van der Waals surface area (Å²) in [5.41, 5.74) is 0.211. The van der Waals surface area contributed by atoms with E-state index >= 15 is 0 Å². The number of halogens is 3. The van der Waals surface area contributed by atoms with E-state index in [1.807, 2.05) is 0 Å². The van der Waals surface area contributed by atoms with E-state index in [4.69, 9.17) is 34.8 Å². The molecule has 2 aromatic rings. The molecule has 1 N–H and O–H groups in total. The van der Waals surface area contributed by atoms with E-state index in [1.165, 1.54) is 0 Å². The smallest absolute Gasteiger partial charge is 0.259 e. The van der Waals surface area contributed by atoms with Gasteiger partial charge in [0, 0.05) is 0 Å². The Morgan fingerprint density at radius 3 is 2.22 bits per heavy atom. The topological polar surface area (TPSA) is 42.0 Å². The first kappa shape index (κ1) is 13.1. The van der Waals surface area contributed by atoms with Crippen molar-refractivity contribution in [1.29, 1.82) is 0 Å². The summed E-state index contributed by atoms with van der Waals surface area (Å²) in [6.45, 7) is 0. The number of anilines is 1. The third-order valence-electron chi connectivity index (χ3n) is 2.15. The zero-order chi connectivity index (χ0) is 13.1. The summed E-state index contributed by atoms with van der Waals surface area (Å²) in [6, 6.07) is 9.76. The molecule has 2 rings (SSSR count). The molecule has 0 aliphatic carbocycles. The number of pyridine rings is 1. The molecule has 18 heavy (non-hydrogen) atoms. The molecular formula is C12H7Cl3N2O. The number of nitrogens with one attached hydrogen (secondary N) is 1. The molecule has 1 aromatic carbocycles. The molecule has 0 radical (unpaired) electrons. The van der Waals surface area contributed by atoms with Crippen molar-refractivity contribution < 1.29 is 4.79 Å². The van der Waals surface area contributed by atoms with E-state index in [1.54, 1.807) is 36.4 Å². The van der Waals surface area contributed by atoms with Crippen LogP contribution in [0.3, 0.4) is 0 Å². The van der Waals surface area contributed by atoms with Gasteiger partial charge < -0.3 is 5.32 Å². The van der Waals surface area contributed by atoms with Crippen LogP contribution in [0.1, 0.15) is 10.4 Å². The molecule has 92 valence electrons. The maximum Gasteiger partial charge on any atom is 0.259 e. The van der Waals surface area contributed by atoms with Crippen molar-refractivity contribution in [2.24, 2.45) is 0 Å². The van der Waals surface area contributed by atoms with Gasteiger partial charge in [-0.3, -0.25) is 4.79 Å². The summed E-state index contributed by atoms with van der Waals surface area (Å²) < 4.78 is 0. The first-order valence-electron chi connectivity index (χ1n) is 4.96. The summed E-state index contributed by atoms with van der Waals surface area (Å²) in [6.07, 6.45) is 0. The van der Waals surface area contributed by atoms with Gasteiger partial charge in [-0.25, -0.2) is 4.98 Å². The number of aromatic nitrogens is 1. The first-order chi connectivity index (χ1) is 8.58. The van der Waals surface area contributed by atoms with Gasteiger partial charge in [0.15, 0.2) is 0 Å². The Hall–Kier alpha value is -1.29. The predicted octanol–water partition coefficient (Wildman–Crippen LogP) is 4.29. The van der Waals surface area contributed by atoms with Gasteiger partial charge in [-0.15, -0.1) is 0 Å². The minimum Gasteiger partial charge on any atom is -0.306 e. The lowest BCUT2D eigenvalue weighted by atomic mass is 10.2. The maximum absolute atomic E-state index is 12.0. The molecule has 0 aliphatic rings. The van der Waals surface area contributed by atoms with Crippen LogP contribution < -0.4 is 5.32 Å². The minimum absolute atomic E-state index is 0.211. The molecule has 1 aromatic heterocycles. The Morgan fingerprint density at radius 1 is 1.00 bits per heavy atom. The van der Waals surface area contributed by atoms with Crippen LogP contribution in [0.25, 0.3) is 0 Å². The van der Waals surface area contributed by atoms with Gasteiger partial charge in [-0.1, -0.05) is 46.9 Å². The summed E-state index contributed by atoms with van der Waals surface area (Å²) in [5.74, 6) is -0.0937. The highest BCUT2D eigenvalue weighted by molar-refractivity contribution is 6.40. The number of carbonyl (C=O) groups excluding carboxylic acids is 1. The van der Waals surface area contributed by atoms with E-state index in [9.17, 15) is 4.79 Å². The Bertz CT molecular complexity index is 581. The van der Waals surface area contributed by atoms with Crippen LogP contribution in [0.5, 0.6) is 0 Å². The lowest BCUT2D eigenvalue weighted by molar-refractivity contribution is 0.102. The molecule has 0 aliphatic heterocycles. The highest BCUT2D eigenvalue weighted by Crippen LogP contribution is 2.25. The van der Waals surface area contributed by atoms with Crippen LogP contribution in [0, 0.1) is 0 Å². The molecule has 0 atom stereocenters. The summed E-state index contributed by atoms with van der Waals surface area (Å²) in [7, 11) is 0. The van der Waals surface area contributed by atoms with Crippen molar-refractivity contribution >= 4 is 46.5 Å². The van der Waals surface area contributed by atoms with Gasteiger partial charge in [-0.05, 0) is 24.3 Å². The van der Waals surface area contributed by atoms with E-state index in [0.29, 0.717) is 5.82 Å². The lowest BCUT2D eigenvalue weighted by Crippen LogP contribution is -2.14. The van der Waals surface area contributed by atoms with E-state index < -0.39 is 5.91 Å². The van der Waals surface area contributed by atoms with E-state index in [0.717, 1.165) is 0 Å². The van der Waals surface area contributed by atoms with Crippen LogP contribution in [-0.4, -0.2) is 10.9 Å². The molecule has 0 saturated heterocycles. The summed E-state index contributed by atoms with van der Waals surface area (Å²) in [4.78, 5) is 15.9. The molecule has 1 amide bonds. The van der Waals surface area contributed by atoms with Crippen LogP contribution in [0.15, 0.2) is 36.4 Å². The van der Waals surface area contributed by atoms with Crippen molar-refractivity contribution in [3.05, 3.63) is 57.2 Å². The monoisotopic (exact) mass is 300 g/mol. The first-order valence-corrected chi connectivity index (χ1v) is 6.09. The van der Waals surface area contributed by atoms with Crippen molar-refractivity contribution in [3.8, 4) is 0 Å². The summed E-state index contributed by atoms with van der Waals surface area (Å²) in [5, 5.41) is 3.43. The summed E-state index contributed by atoms with van der Waals surface area (Å²) >= 11 is 17.6. The fraction of sp³-hybridized carbons (Fsp3) is 0. The van der Waals surface area contributed by atoms with Gasteiger partial charge in [0.05, 0.1) is 15.6 Å². The molecule has 0 unspecified atom stereocenters. The maximum atomic E-state index is 12.0. The molecular weight excluding hydrogens is 295 g/mol. The number of hydrogen-bond donors (Lipinski definition) is 1. The average molecular weight is 302 g/mol. The number of hydrogen-bond acceptors (Lipinski definition) is 2. The second-order valence-corrected chi connectivity index (χ2v) is 4.60. The largest absolute Gasteiger partial charge is 0.306 e. The lowest BCUT2D eigenvalue weighted by Gasteiger charge is -2.07. The molecule has 0 saturated carbocycles. The average Bonchev–Trinajstić information content (AvgIpc) is 2.28. The van der Waals surface area contributed by atoms with E-state index in [-0.39, 0.29) is 20.8 Å². The van der Waals surface area contributed by atoms with Gasteiger partial charge in [0.2, 0.25) is 0 Å². The number of benzene rings is 1. The molecule has 0 bridgehead atoms. The third kappa shape index (κ3) is 2.93. The van der Waals surface area contributed by atoms with Gasteiger partial charge in [0.25, 0.3) is 5.91 Å². The molecule has 1 heterocycles. The Kier molecular flexibility index (Phi) is 4.07. The Labute approximate surface area is 119 Å². The van der Waals surface area contributed by atoms with Gasteiger partial charge in [-0.2, -0.15) is 0 Å². The Morgan fingerprint density at radius 2 is 1.61 bits per heavy atom. The molecule has 0 fully saturated rings. The van der Waals surface area contributed by atoms with Crippen LogP contribution in [0.2, 0.25) is 15.2 Å². The fourth-order valence-electron chi connectivity index (χ4n) is 1.37. The van der Waals surface area contributed by atoms with Gasteiger partial charge >= 0.3 is 0 Å². The number of amides is 1. The van der Waals surface area contributed by atoms with Crippen LogP contribution in [-0.2, 0) is 0 Å². The SMILES string of the molecule is O=C(Nc1cccc(Cl)n1)c1c(Cl)cccc1Cl. The predicted molar refractivity (Wildman–Crippen MR) is 73.7 cm³/mol. The van der Waals surface area contributed by atoms with Crippen LogP contribution >= 0.6 is 34.8 Å². The Balaban J connectivity index is 2.28. The second-order valence-electron chi connectivity index (χ2n) is 3.40. The number of rotatable bonds is 2. The minimum atomic E-state index is -0.430. The highest BCUT2D eigenvalue weighted by Gasteiger charge is 2.14. The molecule has 3 nitrogen and oxygen atoms in total. The normalized spacial score (nSPS) is 10.2. The van der Waals surface area contributed by atoms with Gasteiger partial charge in [0.1, 0.15) is 11.0 Å². The third-order valence-corrected chi connectivity index (χ3v) is 2.99. The zero-order valence-corrected chi connectivity index (χ0v) is 11.2. The van der Waals surface area contributed by atoms with Crippen molar-refractivity contribution in [2.45, 2.75) is 0 Å². The van der Waals surface area contributed by atoms with Crippen LogP contribution in [0.4, 0.5) is 5.82 Å². The van der Waals surface area contributed by atoms with Crippen molar-refractivity contribution in [3.63, 3.8) is 0 Å². The fourth-order valence-corrected chi connectivity index (χ4v) is 2.10. The second kappa shape index (κ2) is 5.57. The number of carbonyl (C=O) groups is 1. The standard InChI is InChI=1S/C12H7Cl3N2O/c13-7-3-1-4-8(14)11(7)12(18)17-10-6-2-5-9(15)16-10/h1-6H,(H,16,17,18). The highest BCUT2D eigenvalue weighted by atomic mass is 35.5. The van der Waals surface area contributed by atoms with E-state index in [2.05, 4.69) is 10.3 Å². The zero-order valence-electron chi connectivity index (χ0n) is 8.95. The van der Waals surface area contributed by atoms with Crippen molar-refractivity contribution in [2.75, 3.05) is 5.32 Å². The quantitative estimate of drug-likeness (QED) is 0.841. The molecule has 0 spiro atoms. The van der Waals surface area contributed by atoms with Crippen molar-refractivity contribution in [1.82, 2.24) is 4.98 Å². The molecule has 6 heteroatoms.